The number of carbonyl (C=O) groups is 1. The number of halogens is 1. The molecular formula is C22H29FN2O. The summed E-state index contributed by atoms with van der Waals surface area (Å²) >= 11 is 0. The normalized spacial score (nSPS) is 12.5. The third-order valence-corrected chi connectivity index (χ3v) is 4.98. The number of hydrogen-bond acceptors (Lipinski definition) is 2. The summed E-state index contributed by atoms with van der Waals surface area (Å²) in [6.07, 6.45) is 0. The van der Waals surface area contributed by atoms with Crippen LogP contribution in [0.15, 0.2) is 48.5 Å². The van der Waals surface area contributed by atoms with Gasteiger partial charge in [0.25, 0.3) is 5.91 Å². The maximum absolute atomic E-state index is 14.0. The van der Waals surface area contributed by atoms with Gasteiger partial charge in [-0.15, -0.1) is 0 Å². The fourth-order valence-electron chi connectivity index (χ4n) is 3.05. The van der Waals surface area contributed by atoms with Crippen molar-refractivity contribution in [1.29, 1.82) is 0 Å². The fourth-order valence-corrected chi connectivity index (χ4v) is 3.05. The number of hydrogen-bond donors (Lipinski definition) is 0. The van der Waals surface area contributed by atoms with Crippen LogP contribution < -0.4 is 0 Å². The van der Waals surface area contributed by atoms with Gasteiger partial charge in [0.15, 0.2) is 0 Å². The van der Waals surface area contributed by atoms with Crippen molar-refractivity contribution in [3.05, 3.63) is 71.0 Å². The monoisotopic (exact) mass is 356 g/mol. The summed E-state index contributed by atoms with van der Waals surface area (Å²) in [5.74, 6) is -0.396. The molecule has 2 aromatic rings. The standard InChI is InChI=1S/C22H29FN2O/c1-6-25(16(2)3)15-18-11-13-19(14-12-18)22(26)24(5)17(4)20-9-7-8-10-21(20)23/h7-14,16-17H,6,15H2,1-5H3. The van der Waals surface area contributed by atoms with E-state index in [2.05, 4.69) is 25.7 Å². The molecule has 0 saturated heterocycles. The van der Waals surface area contributed by atoms with E-state index >= 15 is 0 Å². The van der Waals surface area contributed by atoms with Gasteiger partial charge in [0.05, 0.1) is 6.04 Å². The molecular weight excluding hydrogens is 327 g/mol. The summed E-state index contributed by atoms with van der Waals surface area (Å²) in [5.41, 5.74) is 2.32. The van der Waals surface area contributed by atoms with Crippen LogP contribution in [-0.4, -0.2) is 35.3 Å². The van der Waals surface area contributed by atoms with Crippen molar-refractivity contribution in [1.82, 2.24) is 9.80 Å². The van der Waals surface area contributed by atoms with Crippen molar-refractivity contribution >= 4 is 5.91 Å². The molecule has 0 aliphatic heterocycles. The molecule has 140 valence electrons. The molecule has 1 unspecified atom stereocenters. The van der Waals surface area contributed by atoms with Gasteiger partial charge in [-0.2, -0.15) is 0 Å². The van der Waals surface area contributed by atoms with Gasteiger partial charge >= 0.3 is 0 Å². The quantitative estimate of drug-likeness (QED) is 0.705. The lowest BCUT2D eigenvalue weighted by Crippen LogP contribution is -2.31. The molecule has 0 bridgehead atoms. The molecule has 3 nitrogen and oxygen atoms in total. The van der Waals surface area contributed by atoms with Crippen LogP contribution in [0.2, 0.25) is 0 Å². The van der Waals surface area contributed by atoms with Gasteiger partial charge in [-0.25, -0.2) is 4.39 Å². The van der Waals surface area contributed by atoms with E-state index in [0.717, 1.165) is 13.1 Å². The number of carbonyl (C=O) groups excluding carboxylic acids is 1. The Morgan fingerprint density at radius 3 is 2.19 bits per heavy atom. The molecule has 0 aliphatic carbocycles. The zero-order chi connectivity index (χ0) is 19.3. The van der Waals surface area contributed by atoms with Crippen LogP contribution in [0.1, 0.15) is 55.2 Å². The average Bonchev–Trinajstić information content (AvgIpc) is 2.65. The second-order valence-corrected chi connectivity index (χ2v) is 6.97. The first-order valence-corrected chi connectivity index (χ1v) is 9.19. The van der Waals surface area contributed by atoms with Crippen LogP contribution in [0.5, 0.6) is 0 Å². The number of nitrogens with zero attached hydrogens (tertiary/aromatic N) is 2. The lowest BCUT2D eigenvalue weighted by molar-refractivity contribution is 0.0740. The van der Waals surface area contributed by atoms with Gasteiger partial charge in [0, 0.05) is 30.8 Å². The Labute approximate surface area is 156 Å². The van der Waals surface area contributed by atoms with E-state index in [-0.39, 0.29) is 17.8 Å². The van der Waals surface area contributed by atoms with Crippen molar-refractivity contribution in [2.75, 3.05) is 13.6 Å². The predicted octanol–water partition coefficient (Wildman–Crippen LogP) is 4.89. The highest BCUT2D eigenvalue weighted by molar-refractivity contribution is 5.94. The van der Waals surface area contributed by atoms with Gasteiger partial charge in [0.1, 0.15) is 5.82 Å². The first-order chi connectivity index (χ1) is 12.3. The third-order valence-electron chi connectivity index (χ3n) is 4.98. The summed E-state index contributed by atoms with van der Waals surface area (Å²) in [4.78, 5) is 16.7. The second kappa shape index (κ2) is 8.95. The van der Waals surface area contributed by atoms with Crippen LogP contribution in [0.3, 0.4) is 0 Å². The van der Waals surface area contributed by atoms with Crippen LogP contribution >= 0.6 is 0 Å². The van der Waals surface area contributed by atoms with Crippen molar-refractivity contribution in [3.8, 4) is 0 Å². The number of benzene rings is 2. The molecule has 0 saturated carbocycles. The van der Waals surface area contributed by atoms with Crippen LogP contribution in [0, 0.1) is 5.82 Å². The zero-order valence-corrected chi connectivity index (χ0v) is 16.4. The molecule has 2 aromatic carbocycles. The van der Waals surface area contributed by atoms with Gasteiger partial charge in [-0.1, -0.05) is 37.3 Å². The van der Waals surface area contributed by atoms with E-state index in [1.807, 2.05) is 31.2 Å². The zero-order valence-electron chi connectivity index (χ0n) is 16.4. The smallest absolute Gasteiger partial charge is 0.254 e. The van der Waals surface area contributed by atoms with E-state index < -0.39 is 0 Å². The highest BCUT2D eigenvalue weighted by atomic mass is 19.1. The van der Waals surface area contributed by atoms with Gasteiger partial charge < -0.3 is 4.90 Å². The molecule has 0 radical (unpaired) electrons. The first kappa shape index (κ1) is 20.1. The highest BCUT2D eigenvalue weighted by Gasteiger charge is 2.21. The molecule has 0 N–H and O–H groups in total. The SMILES string of the molecule is CCN(Cc1ccc(C(=O)N(C)C(C)c2ccccc2F)cc1)C(C)C. The summed E-state index contributed by atoms with van der Waals surface area (Å²) in [7, 11) is 1.71. The third kappa shape index (κ3) is 4.70. The second-order valence-electron chi connectivity index (χ2n) is 6.97. The minimum absolute atomic E-state index is 0.108. The Bertz CT molecular complexity index is 727. The molecule has 0 fully saturated rings. The van der Waals surface area contributed by atoms with Gasteiger partial charge in [-0.05, 0) is 51.1 Å². The van der Waals surface area contributed by atoms with E-state index in [0.29, 0.717) is 17.2 Å². The fraction of sp³-hybridized carbons (Fsp3) is 0.409. The first-order valence-electron chi connectivity index (χ1n) is 9.19. The summed E-state index contributed by atoms with van der Waals surface area (Å²) in [6, 6.07) is 14.4. The maximum Gasteiger partial charge on any atom is 0.254 e. The predicted molar refractivity (Wildman–Crippen MR) is 105 cm³/mol. The Kier molecular flexibility index (Phi) is 6.92. The molecule has 0 aromatic heterocycles. The van der Waals surface area contributed by atoms with Crippen molar-refractivity contribution in [2.24, 2.45) is 0 Å². The summed E-state index contributed by atoms with van der Waals surface area (Å²) in [6.45, 7) is 10.2. The lowest BCUT2D eigenvalue weighted by Gasteiger charge is -2.26. The van der Waals surface area contributed by atoms with E-state index in [1.54, 1.807) is 30.1 Å². The average molecular weight is 356 g/mol. The molecule has 0 heterocycles. The number of rotatable bonds is 7. The van der Waals surface area contributed by atoms with Crippen LogP contribution in [0.25, 0.3) is 0 Å². The van der Waals surface area contributed by atoms with E-state index in [9.17, 15) is 9.18 Å². The molecule has 0 aliphatic rings. The Balaban J connectivity index is 2.10. The topological polar surface area (TPSA) is 23.6 Å². The minimum Gasteiger partial charge on any atom is -0.335 e. The minimum atomic E-state index is -0.333. The van der Waals surface area contributed by atoms with Gasteiger partial charge in [0.2, 0.25) is 0 Å². The highest BCUT2D eigenvalue weighted by Crippen LogP contribution is 2.23. The Morgan fingerprint density at radius 2 is 1.65 bits per heavy atom. The molecule has 26 heavy (non-hydrogen) atoms. The largest absolute Gasteiger partial charge is 0.335 e. The number of amides is 1. The van der Waals surface area contributed by atoms with E-state index in [4.69, 9.17) is 0 Å². The van der Waals surface area contributed by atoms with Gasteiger partial charge in [-0.3, -0.25) is 9.69 Å². The maximum atomic E-state index is 14.0. The van der Waals surface area contributed by atoms with Crippen molar-refractivity contribution in [3.63, 3.8) is 0 Å². The van der Waals surface area contributed by atoms with Crippen LogP contribution in [-0.2, 0) is 6.54 Å². The van der Waals surface area contributed by atoms with Crippen LogP contribution in [0.4, 0.5) is 4.39 Å². The van der Waals surface area contributed by atoms with Crippen molar-refractivity contribution in [2.45, 2.75) is 46.3 Å². The van der Waals surface area contributed by atoms with Crippen molar-refractivity contribution < 1.29 is 9.18 Å². The molecule has 0 spiro atoms. The lowest BCUT2D eigenvalue weighted by atomic mass is 10.0. The molecule has 2 rings (SSSR count). The summed E-state index contributed by atoms with van der Waals surface area (Å²) < 4.78 is 14.0. The molecule has 1 amide bonds. The Morgan fingerprint density at radius 1 is 1.04 bits per heavy atom. The van der Waals surface area contributed by atoms with E-state index in [1.165, 1.54) is 11.6 Å². The Hall–Kier alpha value is -2.20. The molecule has 4 heteroatoms. The summed E-state index contributed by atoms with van der Waals surface area (Å²) in [5, 5.41) is 0. The molecule has 1 atom stereocenters.